The fraction of sp³-hybridized carbons (Fsp3) is 0.350. The summed E-state index contributed by atoms with van der Waals surface area (Å²) in [6.07, 6.45) is 0.920. The Labute approximate surface area is 157 Å². The van der Waals surface area contributed by atoms with E-state index >= 15 is 0 Å². The van der Waals surface area contributed by atoms with Crippen LogP contribution in [0.15, 0.2) is 46.9 Å². The van der Waals surface area contributed by atoms with Crippen molar-refractivity contribution in [3.63, 3.8) is 0 Å². The van der Waals surface area contributed by atoms with Crippen LogP contribution in [-0.2, 0) is 11.2 Å². The van der Waals surface area contributed by atoms with Crippen molar-refractivity contribution in [2.24, 2.45) is 0 Å². The number of carbonyl (C=O) groups is 1. The lowest BCUT2D eigenvalue weighted by Gasteiger charge is -2.24. The van der Waals surface area contributed by atoms with Crippen LogP contribution in [0.25, 0.3) is 0 Å². The van der Waals surface area contributed by atoms with Gasteiger partial charge in [-0.2, -0.15) is 0 Å². The van der Waals surface area contributed by atoms with Gasteiger partial charge in [0.1, 0.15) is 5.75 Å². The molecule has 0 aromatic heterocycles. The van der Waals surface area contributed by atoms with Crippen LogP contribution in [0.5, 0.6) is 5.75 Å². The Morgan fingerprint density at radius 3 is 2.84 bits per heavy atom. The number of methoxy groups -OCH3 is 1. The van der Waals surface area contributed by atoms with E-state index in [0.717, 1.165) is 27.9 Å². The van der Waals surface area contributed by atoms with E-state index in [1.165, 1.54) is 5.56 Å². The van der Waals surface area contributed by atoms with Crippen LogP contribution in [0.4, 0.5) is 5.69 Å². The molecule has 3 rings (SSSR count). The molecule has 4 nitrogen and oxygen atoms in total. The molecule has 1 N–H and O–H groups in total. The first-order valence-corrected chi connectivity index (χ1v) is 9.27. The normalized spacial score (nSPS) is 17.3. The van der Waals surface area contributed by atoms with Crippen LogP contribution in [0.1, 0.15) is 31.0 Å². The second kappa shape index (κ2) is 7.58. The molecular weight excluding hydrogens is 380 g/mol. The molecule has 1 amide bonds. The SMILES string of the molecule is COc1ccc(C(C)NCC(=O)N2c3ccccc3CC2C)cc1Br. The number of carbonyl (C=O) groups excluding carboxylic acids is 1. The Kier molecular flexibility index (Phi) is 5.45. The topological polar surface area (TPSA) is 41.6 Å². The second-order valence-corrected chi connectivity index (χ2v) is 7.30. The average molecular weight is 403 g/mol. The fourth-order valence-electron chi connectivity index (χ4n) is 3.34. The van der Waals surface area contributed by atoms with Gasteiger partial charge in [-0.3, -0.25) is 4.79 Å². The minimum absolute atomic E-state index is 0.0688. The van der Waals surface area contributed by atoms with Crippen molar-refractivity contribution in [3.8, 4) is 5.75 Å². The standard InChI is InChI=1S/C20H23BrN2O2/c1-13-10-16-6-4-5-7-18(16)23(13)20(24)12-22-14(2)15-8-9-19(25-3)17(21)11-15/h4-9,11,13-14,22H,10,12H2,1-3H3. The largest absolute Gasteiger partial charge is 0.496 e. The summed E-state index contributed by atoms with van der Waals surface area (Å²) in [4.78, 5) is 14.7. The number of nitrogens with zero attached hydrogens (tertiary/aromatic N) is 1. The number of nitrogens with one attached hydrogen (secondary N) is 1. The molecule has 2 atom stereocenters. The van der Waals surface area contributed by atoms with Gasteiger partial charge in [-0.15, -0.1) is 0 Å². The lowest BCUT2D eigenvalue weighted by Crippen LogP contribution is -2.42. The van der Waals surface area contributed by atoms with E-state index in [-0.39, 0.29) is 18.0 Å². The molecule has 2 unspecified atom stereocenters. The fourth-order valence-corrected chi connectivity index (χ4v) is 3.90. The summed E-state index contributed by atoms with van der Waals surface area (Å²) in [5.74, 6) is 0.909. The van der Waals surface area contributed by atoms with Crippen LogP contribution in [0, 0.1) is 0 Å². The third kappa shape index (κ3) is 3.72. The van der Waals surface area contributed by atoms with Crippen molar-refractivity contribution in [2.45, 2.75) is 32.4 Å². The molecule has 25 heavy (non-hydrogen) atoms. The van der Waals surface area contributed by atoms with E-state index in [0.29, 0.717) is 6.54 Å². The molecule has 0 bridgehead atoms. The smallest absolute Gasteiger partial charge is 0.241 e. The van der Waals surface area contributed by atoms with Gasteiger partial charge in [-0.25, -0.2) is 0 Å². The highest BCUT2D eigenvalue weighted by Crippen LogP contribution is 2.32. The molecule has 1 aliphatic heterocycles. The maximum atomic E-state index is 12.8. The molecule has 1 aliphatic rings. The van der Waals surface area contributed by atoms with Crippen LogP contribution in [-0.4, -0.2) is 25.6 Å². The molecule has 0 saturated heterocycles. The van der Waals surface area contributed by atoms with Gasteiger partial charge in [0.25, 0.3) is 0 Å². The van der Waals surface area contributed by atoms with Crippen molar-refractivity contribution in [1.82, 2.24) is 5.32 Å². The van der Waals surface area contributed by atoms with E-state index < -0.39 is 0 Å². The lowest BCUT2D eigenvalue weighted by molar-refractivity contribution is -0.118. The Bertz CT molecular complexity index is 778. The monoisotopic (exact) mass is 402 g/mol. The molecule has 2 aromatic carbocycles. The number of rotatable bonds is 5. The van der Waals surface area contributed by atoms with E-state index in [1.807, 2.05) is 41.3 Å². The van der Waals surface area contributed by atoms with Crippen molar-refractivity contribution >= 4 is 27.5 Å². The molecule has 0 spiro atoms. The molecule has 0 fully saturated rings. The molecule has 132 valence electrons. The minimum atomic E-state index is 0.0688. The van der Waals surface area contributed by atoms with Crippen LogP contribution in [0.2, 0.25) is 0 Å². The molecular formula is C20H23BrN2O2. The molecule has 0 saturated carbocycles. The molecule has 2 aromatic rings. The summed E-state index contributed by atoms with van der Waals surface area (Å²) < 4.78 is 6.17. The summed E-state index contributed by atoms with van der Waals surface area (Å²) in [6, 6.07) is 14.4. The van der Waals surface area contributed by atoms with E-state index in [4.69, 9.17) is 4.74 Å². The maximum Gasteiger partial charge on any atom is 0.241 e. The summed E-state index contributed by atoms with van der Waals surface area (Å²) in [5, 5.41) is 3.34. The summed E-state index contributed by atoms with van der Waals surface area (Å²) in [5.41, 5.74) is 3.40. The highest BCUT2D eigenvalue weighted by Gasteiger charge is 2.30. The van der Waals surface area contributed by atoms with Gasteiger partial charge in [0, 0.05) is 17.8 Å². The quantitative estimate of drug-likeness (QED) is 0.818. The van der Waals surface area contributed by atoms with Crippen molar-refractivity contribution < 1.29 is 9.53 Å². The third-order valence-electron chi connectivity index (χ3n) is 4.71. The van der Waals surface area contributed by atoms with Crippen molar-refractivity contribution in [2.75, 3.05) is 18.6 Å². The van der Waals surface area contributed by atoms with Gasteiger partial charge >= 0.3 is 0 Å². The minimum Gasteiger partial charge on any atom is -0.496 e. The zero-order chi connectivity index (χ0) is 18.0. The number of ether oxygens (including phenoxy) is 1. The Balaban J connectivity index is 1.65. The van der Waals surface area contributed by atoms with E-state index in [1.54, 1.807) is 7.11 Å². The Hall–Kier alpha value is -1.85. The molecule has 0 aliphatic carbocycles. The van der Waals surface area contributed by atoms with Gasteiger partial charge in [-0.1, -0.05) is 24.3 Å². The number of anilines is 1. The van der Waals surface area contributed by atoms with E-state index in [2.05, 4.69) is 41.2 Å². The van der Waals surface area contributed by atoms with Crippen LogP contribution >= 0.6 is 15.9 Å². The summed E-state index contributed by atoms with van der Waals surface area (Å²) in [7, 11) is 1.65. The predicted molar refractivity (Wildman–Crippen MR) is 104 cm³/mol. The first-order chi connectivity index (χ1) is 12.0. The molecule has 1 heterocycles. The molecule has 5 heteroatoms. The zero-order valence-electron chi connectivity index (χ0n) is 14.8. The number of fused-ring (bicyclic) bond motifs is 1. The summed E-state index contributed by atoms with van der Waals surface area (Å²) >= 11 is 3.51. The number of hydrogen-bond acceptors (Lipinski definition) is 3. The number of benzene rings is 2. The number of amides is 1. The van der Waals surface area contributed by atoms with Gasteiger partial charge in [0.2, 0.25) is 5.91 Å². The van der Waals surface area contributed by atoms with E-state index in [9.17, 15) is 4.79 Å². The predicted octanol–water partition coefficient (Wildman–Crippen LogP) is 4.09. The number of para-hydroxylation sites is 1. The van der Waals surface area contributed by atoms with Crippen LogP contribution < -0.4 is 15.0 Å². The molecule has 0 radical (unpaired) electrons. The van der Waals surface area contributed by atoms with Crippen molar-refractivity contribution in [3.05, 3.63) is 58.1 Å². The Morgan fingerprint density at radius 2 is 2.12 bits per heavy atom. The van der Waals surface area contributed by atoms with Gasteiger partial charge < -0.3 is 15.0 Å². The number of halogens is 1. The number of hydrogen-bond donors (Lipinski definition) is 1. The summed E-state index contributed by atoms with van der Waals surface area (Å²) in [6.45, 7) is 4.47. The van der Waals surface area contributed by atoms with Crippen LogP contribution in [0.3, 0.4) is 0 Å². The van der Waals surface area contributed by atoms with Crippen molar-refractivity contribution in [1.29, 1.82) is 0 Å². The first-order valence-electron chi connectivity index (χ1n) is 8.48. The third-order valence-corrected chi connectivity index (χ3v) is 5.33. The lowest BCUT2D eigenvalue weighted by atomic mass is 10.1. The first kappa shape index (κ1) is 18.0. The zero-order valence-corrected chi connectivity index (χ0v) is 16.3. The van der Waals surface area contributed by atoms with Gasteiger partial charge in [-0.05, 0) is 65.5 Å². The average Bonchev–Trinajstić information content (AvgIpc) is 2.95. The highest BCUT2D eigenvalue weighted by atomic mass is 79.9. The van der Waals surface area contributed by atoms with Gasteiger partial charge in [0.05, 0.1) is 18.1 Å². The Morgan fingerprint density at radius 1 is 1.36 bits per heavy atom. The second-order valence-electron chi connectivity index (χ2n) is 6.44. The van der Waals surface area contributed by atoms with Gasteiger partial charge in [0.15, 0.2) is 0 Å². The highest BCUT2D eigenvalue weighted by molar-refractivity contribution is 9.10. The maximum absolute atomic E-state index is 12.8.